The van der Waals surface area contributed by atoms with E-state index in [1.165, 1.54) is 23.3 Å². The van der Waals surface area contributed by atoms with E-state index in [1.54, 1.807) is 0 Å². The highest BCUT2D eigenvalue weighted by Crippen LogP contribution is 2.20. The molecule has 0 saturated heterocycles. The molecule has 1 nitrogen and oxygen atoms in total. The van der Waals surface area contributed by atoms with Gasteiger partial charge in [0.05, 0.1) is 19.7 Å². The third-order valence-corrected chi connectivity index (χ3v) is 9.23. The second-order valence-electron chi connectivity index (χ2n) is 4.03. The van der Waals surface area contributed by atoms with Crippen molar-refractivity contribution in [2.24, 2.45) is 0 Å². The first kappa shape index (κ1) is 12.0. The normalized spacial score (nSPS) is 11.1. The van der Waals surface area contributed by atoms with Gasteiger partial charge < -0.3 is 0 Å². The lowest BCUT2D eigenvalue weighted by atomic mass is 10.2. The van der Waals surface area contributed by atoms with Gasteiger partial charge >= 0.3 is 0 Å². The van der Waals surface area contributed by atoms with Crippen molar-refractivity contribution in [2.75, 3.05) is 0 Å². The van der Waals surface area contributed by atoms with Crippen LogP contribution in [0.25, 0.3) is 0 Å². The van der Waals surface area contributed by atoms with Gasteiger partial charge in [-0.3, -0.25) is 0 Å². The summed E-state index contributed by atoms with van der Waals surface area (Å²) in [5.41, 5.74) is 0.805. The molecule has 0 bridgehead atoms. The summed E-state index contributed by atoms with van der Waals surface area (Å²) in [5, 5.41) is 10.4. The quantitative estimate of drug-likeness (QED) is 0.710. The number of nitriles is 1. The van der Waals surface area contributed by atoms with Crippen LogP contribution in [-0.4, -0.2) is 8.07 Å². The number of nitrogens with zero attached hydrogens (tertiary/aromatic N) is 1. The summed E-state index contributed by atoms with van der Waals surface area (Å²) in [6.45, 7) is 6.87. The fraction of sp³-hybridized carbons (Fsp3) is 0.462. The molecule has 0 atom stereocenters. The second kappa shape index (κ2) is 5.13. The van der Waals surface area contributed by atoms with E-state index >= 15 is 0 Å². The molecule has 0 N–H and O–H groups in total. The summed E-state index contributed by atoms with van der Waals surface area (Å²) in [7, 11) is -1.29. The van der Waals surface area contributed by atoms with Crippen molar-refractivity contribution in [1.82, 2.24) is 0 Å². The van der Waals surface area contributed by atoms with E-state index in [9.17, 15) is 0 Å². The van der Waals surface area contributed by atoms with Crippen LogP contribution in [0.2, 0.25) is 18.1 Å². The third-order valence-electron chi connectivity index (χ3n) is 3.63. The molecule has 0 spiro atoms. The van der Waals surface area contributed by atoms with Crippen molar-refractivity contribution in [3.05, 3.63) is 29.8 Å². The fourth-order valence-corrected chi connectivity index (χ4v) is 5.92. The molecule has 0 unspecified atom stereocenters. The van der Waals surface area contributed by atoms with Crippen LogP contribution in [0.3, 0.4) is 0 Å². The van der Waals surface area contributed by atoms with Crippen LogP contribution in [-0.2, 0) is 0 Å². The average Bonchev–Trinajstić information content (AvgIpc) is 2.32. The maximum absolute atomic E-state index is 8.91. The molecule has 1 aromatic carbocycles. The molecule has 15 heavy (non-hydrogen) atoms. The van der Waals surface area contributed by atoms with Gasteiger partial charge in [-0.15, -0.1) is 0 Å². The van der Waals surface area contributed by atoms with Crippen LogP contribution < -0.4 is 5.19 Å². The average molecular weight is 217 g/mol. The van der Waals surface area contributed by atoms with Crippen molar-refractivity contribution in [1.29, 1.82) is 5.26 Å². The van der Waals surface area contributed by atoms with Crippen molar-refractivity contribution >= 4 is 13.3 Å². The van der Waals surface area contributed by atoms with Gasteiger partial charge in [0.25, 0.3) is 0 Å². The Morgan fingerprint density at radius 1 is 1.13 bits per heavy atom. The molecule has 0 amide bonds. The number of hydrogen-bond donors (Lipinski definition) is 0. The molecule has 0 saturated carbocycles. The SMILES string of the molecule is CC[Si](CC)(CC)c1cccc(C#N)c1. The first-order chi connectivity index (χ1) is 7.22. The zero-order chi connectivity index (χ0) is 11.3. The van der Waals surface area contributed by atoms with Crippen LogP contribution in [0.15, 0.2) is 24.3 Å². The largest absolute Gasteiger partial charge is 0.192 e. The molecule has 0 fully saturated rings. The van der Waals surface area contributed by atoms with Crippen LogP contribution in [0.1, 0.15) is 26.3 Å². The standard InChI is InChI=1S/C13H19NSi/c1-4-15(5-2,6-3)13-9-7-8-12(10-13)11-14/h7-10H,4-6H2,1-3H3. The van der Waals surface area contributed by atoms with E-state index in [1.807, 2.05) is 12.1 Å². The zero-order valence-corrected chi connectivity index (χ0v) is 10.9. The molecule has 0 aliphatic heterocycles. The molecule has 0 radical (unpaired) electrons. The predicted molar refractivity (Wildman–Crippen MR) is 68.0 cm³/mol. The van der Waals surface area contributed by atoms with Crippen molar-refractivity contribution in [2.45, 2.75) is 38.9 Å². The lowest BCUT2D eigenvalue weighted by molar-refractivity contribution is 1.19. The highest BCUT2D eigenvalue weighted by molar-refractivity contribution is 6.91. The fourth-order valence-electron chi connectivity index (χ4n) is 2.28. The molecular formula is C13H19NSi. The lowest BCUT2D eigenvalue weighted by Gasteiger charge is -2.28. The van der Waals surface area contributed by atoms with E-state index in [0.29, 0.717) is 0 Å². The molecule has 0 heterocycles. The summed E-state index contributed by atoms with van der Waals surface area (Å²) in [6.07, 6.45) is 0. The zero-order valence-electron chi connectivity index (χ0n) is 9.88. The maximum Gasteiger partial charge on any atom is 0.0991 e. The summed E-state index contributed by atoms with van der Waals surface area (Å²) in [4.78, 5) is 0. The molecule has 0 aromatic heterocycles. The highest BCUT2D eigenvalue weighted by atomic mass is 28.3. The van der Waals surface area contributed by atoms with Gasteiger partial charge in [-0.2, -0.15) is 5.26 Å². The number of benzene rings is 1. The Hall–Kier alpha value is -1.07. The van der Waals surface area contributed by atoms with Crippen molar-refractivity contribution < 1.29 is 0 Å². The Morgan fingerprint density at radius 3 is 2.20 bits per heavy atom. The van der Waals surface area contributed by atoms with Crippen molar-refractivity contribution in [3.8, 4) is 6.07 Å². The van der Waals surface area contributed by atoms with E-state index < -0.39 is 8.07 Å². The molecule has 0 aliphatic rings. The van der Waals surface area contributed by atoms with E-state index in [2.05, 4.69) is 39.0 Å². The van der Waals surface area contributed by atoms with Gasteiger partial charge in [0.1, 0.15) is 0 Å². The monoisotopic (exact) mass is 217 g/mol. The van der Waals surface area contributed by atoms with Gasteiger partial charge in [-0.1, -0.05) is 56.2 Å². The summed E-state index contributed by atoms with van der Waals surface area (Å²) in [5.74, 6) is 0. The Balaban J connectivity index is 3.17. The lowest BCUT2D eigenvalue weighted by Crippen LogP contribution is -2.45. The predicted octanol–water partition coefficient (Wildman–Crippen LogP) is 3.27. The van der Waals surface area contributed by atoms with Gasteiger partial charge in [0.15, 0.2) is 0 Å². The highest BCUT2D eigenvalue weighted by Gasteiger charge is 2.28. The molecule has 1 aromatic rings. The summed E-state index contributed by atoms with van der Waals surface area (Å²) >= 11 is 0. The minimum atomic E-state index is -1.29. The Bertz CT molecular complexity index is 353. The van der Waals surface area contributed by atoms with Gasteiger partial charge in [-0.25, -0.2) is 0 Å². The number of hydrogen-bond acceptors (Lipinski definition) is 1. The molecular weight excluding hydrogens is 198 g/mol. The first-order valence-corrected chi connectivity index (χ1v) is 8.35. The topological polar surface area (TPSA) is 23.8 Å². The van der Waals surface area contributed by atoms with Gasteiger partial charge in [0, 0.05) is 0 Å². The van der Waals surface area contributed by atoms with Crippen molar-refractivity contribution in [3.63, 3.8) is 0 Å². The minimum Gasteiger partial charge on any atom is -0.192 e. The van der Waals surface area contributed by atoms with Crippen LogP contribution >= 0.6 is 0 Å². The third kappa shape index (κ3) is 2.30. The first-order valence-electron chi connectivity index (χ1n) is 5.73. The Morgan fingerprint density at radius 2 is 1.73 bits per heavy atom. The summed E-state index contributed by atoms with van der Waals surface area (Å²) < 4.78 is 0. The second-order valence-corrected chi connectivity index (χ2v) is 9.29. The smallest absolute Gasteiger partial charge is 0.0991 e. The van der Waals surface area contributed by atoms with Gasteiger partial charge in [0.2, 0.25) is 0 Å². The Kier molecular flexibility index (Phi) is 4.11. The maximum atomic E-state index is 8.91. The number of rotatable bonds is 4. The molecule has 80 valence electrons. The molecule has 2 heteroatoms. The van der Waals surface area contributed by atoms with E-state index in [-0.39, 0.29) is 0 Å². The van der Waals surface area contributed by atoms with Crippen LogP contribution in [0.5, 0.6) is 0 Å². The molecule has 0 aliphatic carbocycles. The summed E-state index contributed by atoms with van der Waals surface area (Å²) in [6, 6.07) is 14.3. The molecule has 1 rings (SSSR count). The van der Waals surface area contributed by atoms with Crippen LogP contribution in [0.4, 0.5) is 0 Å². The van der Waals surface area contributed by atoms with Gasteiger partial charge in [-0.05, 0) is 12.1 Å². The Labute approximate surface area is 93.8 Å². The van der Waals surface area contributed by atoms with Crippen LogP contribution in [0, 0.1) is 11.3 Å². The van der Waals surface area contributed by atoms with E-state index in [4.69, 9.17) is 5.26 Å². The van der Waals surface area contributed by atoms with E-state index in [0.717, 1.165) is 5.56 Å². The minimum absolute atomic E-state index is 0.805.